The molecule has 0 aliphatic rings. The highest BCUT2D eigenvalue weighted by atomic mass is 127. The lowest BCUT2D eigenvalue weighted by Crippen LogP contribution is -1.84. The summed E-state index contributed by atoms with van der Waals surface area (Å²) in [6.07, 6.45) is 0. The van der Waals surface area contributed by atoms with Crippen LogP contribution in [-0.4, -0.2) is 0 Å². The molecule has 3 rings (SSSR count). The summed E-state index contributed by atoms with van der Waals surface area (Å²) in [5.74, 6) is 0. The molecule has 0 nitrogen and oxygen atoms in total. The van der Waals surface area contributed by atoms with E-state index in [-0.39, 0.29) is 0 Å². The highest BCUT2D eigenvalue weighted by Gasteiger charge is 2.05. The van der Waals surface area contributed by atoms with Gasteiger partial charge in [-0.25, -0.2) is 0 Å². The molecule has 0 heterocycles. The van der Waals surface area contributed by atoms with Crippen LogP contribution in [0.3, 0.4) is 0 Å². The smallest absolute Gasteiger partial charge is 0.0209 e. The van der Waals surface area contributed by atoms with Crippen LogP contribution in [0, 0.1) is 3.57 Å². The van der Waals surface area contributed by atoms with Crippen molar-refractivity contribution in [3.8, 4) is 11.1 Å². The molecule has 0 bridgehead atoms. The molecule has 0 atom stereocenters. The molecule has 17 heavy (non-hydrogen) atoms. The second kappa shape index (κ2) is 4.49. The van der Waals surface area contributed by atoms with Crippen LogP contribution in [-0.2, 0) is 0 Å². The van der Waals surface area contributed by atoms with Crippen LogP contribution in [0.1, 0.15) is 0 Å². The first-order valence-corrected chi connectivity index (χ1v) is 6.67. The van der Waals surface area contributed by atoms with Gasteiger partial charge in [0.2, 0.25) is 0 Å². The minimum atomic E-state index is 1.29. The van der Waals surface area contributed by atoms with Crippen molar-refractivity contribution in [2.24, 2.45) is 0 Å². The SMILES string of the molecule is Ic1ccccc1-c1cccc2ccccc12. The Morgan fingerprint density at radius 3 is 2.12 bits per heavy atom. The molecule has 0 aliphatic carbocycles. The molecule has 0 amide bonds. The van der Waals surface area contributed by atoms with Crippen LogP contribution in [0.15, 0.2) is 66.7 Å². The van der Waals surface area contributed by atoms with Crippen molar-refractivity contribution in [2.45, 2.75) is 0 Å². The standard InChI is InChI=1S/C16H11I/c17-16-11-4-3-9-15(16)14-10-5-7-12-6-1-2-8-13(12)14/h1-11H. The number of hydrogen-bond donors (Lipinski definition) is 0. The van der Waals surface area contributed by atoms with Gasteiger partial charge >= 0.3 is 0 Å². The highest BCUT2D eigenvalue weighted by molar-refractivity contribution is 14.1. The summed E-state index contributed by atoms with van der Waals surface area (Å²) in [7, 11) is 0. The Bertz CT molecular complexity index is 666. The largest absolute Gasteiger partial charge is 0.0616 e. The number of benzene rings is 3. The van der Waals surface area contributed by atoms with Crippen molar-refractivity contribution in [3.63, 3.8) is 0 Å². The van der Waals surface area contributed by atoms with E-state index < -0.39 is 0 Å². The first-order chi connectivity index (χ1) is 8.36. The quantitative estimate of drug-likeness (QED) is 0.544. The molecule has 0 radical (unpaired) electrons. The monoisotopic (exact) mass is 330 g/mol. The van der Waals surface area contributed by atoms with Crippen LogP contribution < -0.4 is 0 Å². The summed E-state index contributed by atoms with van der Waals surface area (Å²) < 4.78 is 1.29. The van der Waals surface area contributed by atoms with Gasteiger partial charge in [-0.1, -0.05) is 60.7 Å². The molecule has 3 aromatic rings. The van der Waals surface area contributed by atoms with Crippen LogP contribution in [0.4, 0.5) is 0 Å². The Hall–Kier alpha value is -1.35. The van der Waals surface area contributed by atoms with E-state index in [9.17, 15) is 0 Å². The lowest BCUT2D eigenvalue weighted by atomic mass is 9.98. The average molecular weight is 330 g/mol. The third kappa shape index (κ3) is 1.95. The number of hydrogen-bond acceptors (Lipinski definition) is 0. The van der Waals surface area contributed by atoms with Gasteiger partial charge in [0.05, 0.1) is 0 Å². The summed E-state index contributed by atoms with van der Waals surface area (Å²) in [6.45, 7) is 0. The van der Waals surface area contributed by atoms with Gasteiger partial charge in [-0.2, -0.15) is 0 Å². The molecule has 0 aromatic heterocycles. The van der Waals surface area contributed by atoms with Gasteiger partial charge in [-0.15, -0.1) is 0 Å². The van der Waals surface area contributed by atoms with E-state index in [0.717, 1.165) is 0 Å². The molecule has 0 saturated carbocycles. The summed E-state index contributed by atoms with van der Waals surface area (Å²) in [4.78, 5) is 0. The maximum atomic E-state index is 2.40. The normalized spacial score (nSPS) is 10.6. The van der Waals surface area contributed by atoms with E-state index in [1.165, 1.54) is 25.5 Å². The molecular weight excluding hydrogens is 319 g/mol. The molecule has 0 fully saturated rings. The summed E-state index contributed by atoms with van der Waals surface area (Å²) in [5, 5.41) is 2.61. The van der Waals surface area contributed by atoms with Crippen molar-refractivity contribution >= 4 is 33.4 Å². The predicted molar refractivity (Wildman–Crippen MR) is 82.1 cm³/mol. The third-order valence-electron chi connectivity index (χ3n) is 2.95. The van der Waals surface area contributed by atoms with Crippen molar-refractivity contribution < 1.29 is 0 Å². The Balaban J connectivity index is 2.35. The van der Waals surface area contributed by atoms with E-state index in [2.05, 4.69) is 89.3 Å². The maximum absolute atomic E-state index is 2.40. The van der Waals surface area contributed by atoms with Crippen molar-refractivity contribution in [2.75, 3.05) is 0 Å². The fourth-order valence-corrected chi connectivity index (χ4v) is 2.82. The highest BCUT2D eigenvalue weighted by Crippen LogP contribution is 2.31. The van der Waals surface area contributed by atoms with E-state index >= 15 is 0 Å². The summed E-state index contributed by atoms with van der Waals surface area (Å²) >= 11 is 2.40. The zero-order valence-corrected chi connectivity index (χ0v) is 11.4. The minimum Gasteiger partial charge on any atom is -0.0616 e. The van der Waals surface area contributed by atoms with E-state index in [1.54, 1.807) is 0 Å². The first-order valence-electron chi connectivity index (χ1n) is 5.59. The first kappa shape index (κ1) is 10.8. The second-order valence-corrected chi connectivity index (χ2v) is 5.17. The Morgan fingerprint density at radius 2 is 1.24 bits per heavy atom. The molecule has 0 unspecified atom stereocenters. The Morgan fingerprint density at radius 1 is 0.588 bits per heavy atom. The summed E-state index contributed by atoms with van der Waals surface area (Å²) in [5.41, 5.74) is 2.62. The van der Waals surface area contributed by atoms with Gasteiger partial charge in [-0.3, -0.25) is 0 Å². The average Bonchev–Trinajstić information content (AvgIpc) is 2.39. The van der Waals surface area contributed by atoms with Crippen molar-refractivity contribution in [1.82, 2.24) is 0 Å². The van der Waals surface area contributed by atoms with Crippen LogP contribution in [0.25, 0.3) is 21.9 Å². The number of rotatable bonds is 1. The zero-order chi connectivity index (χ0) is 11.7. The van der Waals surface area contributed by atoms with E-state index in [0.29, 0.717) is 0 Å². The number of fused-ring (bicyclic) bond motifs is 1. The molecule has 82 valence electrons. The molecule has 0 N–H and O–H groups in total. The minimum absolute atomic E-state index is 1.29. The second-order valence-electron chi connectivity index (χ2n) is 4.01. The molecule has 3 aromatic carbocycles. The lowest BCUT2D eigenvalue weighted by molar-refractivity contribution is 1.61. The zero-order valence-electron chi connectivity index (χ0n) is 9.23. The van der Waals surface area contributed by atoms with Gasteiger partial charge in [0.15, 0.2) is 0 Å². The van der Waals surface area contributed by atoms with Gasteiger partial charge < -0.3 is 0 Å². The van der Waals surface area contributed by atoms with Gasteiger partial charge in [0.1, 0.15) is 0 Å². The fraction of sp³-hybridized carbons (Fsp3) is 0. The number of halogens is 1. The molecule has 1 heteroatoms. The van der Waals surface area contributed by atoms with Gasteiger partial charge in [0, 0.05) is 3.57 Å². The lowest BCUT2D eigenvalue weighted by Gasteiger charge is -2.08. The maximum Gasteiger partial charge on any atom is 0.0209 e. The van der Waals surface area contributed by atoms with Gasteiger partial charge in [-0.05, 0) is 50.6 Å². The van der Waals surface area contributed by atoms with Crippen LogP contribution in [0.2, 0.25) is 0 Å². The fourth-order valence-electron chi connectivity index (χ4n) is 2.14. The predicted octanol–water partition coefficient (Wildman–Crippen LogP) is 5.11. The van der Waals surface area contributed by atoms with E-state index in [4.69, 9.17) is 0 Å². The van der Waals surface area contributed by atoms with E-state index in [1.807, 2.05) is 0 Å². The molecule has 0 aliphatic heterocycles. The Kier molecular flexibility index (Phi) is 2.85. The summed E-state index contributed by atoms with van der Waals surface area (Å²) in [6, 6.07) is 23.5. The van der Waals surface area contributed by atoms with Crippen molar-refractivity contribution in [1.29, 1.82) is 0 Å². The van der Waals surface area contributed by atoms with Crippen molar-refractivity contribution in [3.05, 3.63) is 70.3 Å². The molecule has 0 saturated heterocycles. The van der Waals surface area contributed by atoms with Crippen LogP contribution >= 0.6 is 22.6 Å². The van der Waals surface area contributed by atoms with Crippen LogP contribution in [0.5, 0.6) is 0 Å². The Labute approximate surface area is 114 Å². The molecule has 0 spiro atoms. The van der Waals surface area contributed by atoms with Gasteiger partial charge in [0.25, 0.3) is 0 Å². The molecular formula is C16H11I. The third-order valence-corrected chi connectivity index (χ3v) is 3.89. The topological polar surface area (TPSA) is 0 Å².